The van der Waals surface area contributed by atoms with E-state index in [1.54, 1.807) is 0 Å². The topological polar surface area (TPSA) is 3.24 Å². The second kappa shape index (κ2) is 7.65. The second-order valence-corrected chi connectivity index (χ2v) is 5.39. The van der Waals surface area contributed by atoms with Crippen LogP contribution in [0.1, 0.15) is 58.3 Å². The van der Waals surface area contributed by atoms with Crippen LogP contribution in [-0.4, -0.2) is 17.8 Å². The van der Waals surface area contributed by atoms with E-state index in [-0.39, 0.29) is 0 Å². The van der Waals surface area contributed by atoms with Gasteiger partial charge < -0.3 is 0 Å². The van der Waals surface area contributed by atoms with E-state index in [9.17, 15) is 0 Å². The monoisotopic (exact) mass is 215 g/mol. The van der Waals surface area contributed by atoms with Gasteiger partial charge in [-0.25, -0.2) is 0 Å². The Bertz CT molecular complexity index is 138. The molecule has 0 bridgehead atoms. The summed E-state index contributed by atoms with van der Waals surface area (Å²) >= 11 is 0. The van der Waals surface area contributed by atoms with Crippen molar-refractivity contribution < 1.29 is 0 Å². The van der Waals surface area contributed by atoms with E-state index in [2.05, 4.69) is 21.0 Å². The summed E-state index contributed by atoms with van der Waals surface area (Å²) < 4.78 is 2.42. The standard InChI is InChI=1S/C12H26NP/c1-2-12-8-4-3-6-10-13(14)11-7-5-9-12/h12H,2-11,14H2,1H3. The van der Waals surface area contributed by atoms with Crippen molar-refractivity contribution in [2.45, 2.75) is 58.3 Å². The van der Waals surface area contributed by atoms with Gasteiger partial charge in [-0.1, -0.05) is 54.8 Å². The molecule has 0 saturated carbocycles. The number of rotatable bonds is 1. The van der Waals surface area contributed by atoms with Crippen LogP contribution in [0.15, 0.2) is 0 Å². The SMILES string of the molecule is CCC1CCCCCN(P)CCCC1. The van der Waals surface area contributed by atoms with Crippen LogP contribution in [0.2, 0.25) is 0 Å². The second-order valence-electron chi connectivity index (χ2n) is 4.66. The van der Waals surface area contributed by atoms with Gasteiger partial charge in [0.1, 0.15) is 0 Å². The van der Waals surface area contributed by atoms with Crippen molar-refractivity contribution in [2.75, 3.05) is 13.1 Å². The van der Waals surface area contributed by atoms with Crippen molar-refractivity contribution in [2.24, 2.45) is 5.92 Å². The van der Waals surface area contributed by atoms with Crippen molar-refractivity contribution in [3.8, 4) is 0 Å². The predicted octanol–water partition coefficient (Wildman–Crippen LogP) is 3.85. The molecule has 1 fully saturated rings. The molecule has 1 rings (SSSR count). The van der Waals surface area contributed by atoms with E-state index in [4.69, 9.17) is 0 Å². The summed E-state index contributed by atoms with van der Waals surface area (Å²) in [5, 5.41) is 0. The van der Waals surface area contributed by atoms with Gasteiger partial charge in [0.15, 0.2) is 0 Å². The normalized spacial score (nSPS) is 28.3. The Kier molecular flexibility index (Phi) is 6.81. The highest BCUT2D eigenvalue weighted by Crippen LogP contribution is 2.21. The Labute approximate surface area is 91.9 Å². The van der Waals surface area contributed by atoms with Crippen LogP contribution in [0.3, 0.4) is 0 Å². The van der Waals surface area contributed by atoms with E-state index in [0.717, 1.165) is 5.92 Å². The van der Waals surface area contributed by atoms with E-state index in [1.165, 1.54) is 64.5 Å². The first kappa shape index (κ1) is 12.5. The number of hydrogen-bond donors (Lipinski definition) is 0. The lowest BCUT2D eigenvalue weighted by atomic mass is 9.93. The van der Waals surface area contributed by atoms with Gasteiger partial charge in [-0.15, -0.1) is 0 Å². The van der Waals surface area contributed by atoms with Crippen LogP contribution in [-0.2, 0) is 0 Å². The Morgan fingerprint density at radius 2 is 1.57 bits per heavy atom. The Hall–Kier alpha value is 0.390. The number of nitrogens with zero attached hydrogens (tertiary/aromatic N) is 1. The summed E-state index contributed by atoms with van der Waals surface area (Å²) in [6, 6.07) is 0. The van der Waals surface area contributed by atoms with E-state index >= 15 is 0 Å². The van der Waals surface area contributed by atoms with Gasteiger partial charge in [0.2, 0.25) is 0 Å². The first-order valence-corrected chi connectivity index (χ1v) is 6.84. The molecule has 2 unspecified atom stereocenters. The molecule has 1 saturated heterocycles. The molecule has 0 N–H and O–H groups in total. The zero-order valence-corrected chi connectivity index (χ0v) is 10.8. The predicted molar refractivity (Wildman–Crippen MR) is 67.4 cm³/mol. The number of hydrogen-bond acceptors (Lipinski definition) is 1. The third kappa shape index (κ3) is 5.32. The Morgan fingerprint density at radius 3 is 2.21 bits per heavy atom. The maximum Gasteiger partial charge on any atom is 0.00161 e. The molecule has 0 spiro atoms. The highest BCUT2D eigenvalue weighted by atomic mass is 31.0. The Morgan fingerprint density at radius 1 is 1.00 bits per heavy atom. The maximum absolute atomic E-state index is 2.87. The minimum absolute atomic E-state index is 1.02. The lowest BCUT2D eigenvalue weighted by molar-refractivity contribution is 0.401. The van der Waals surface area contributed by atoms with Crippen molar-refractivity contribution in [3.63, 3.8) is 0 Å². The molecule has 0 aliphatic carbocycles. The molecule has 0 amide bonds. The fourth-order valence-corrected chi connectivity index (χ4v) is 2.70. The minimum Gasteiger partial charge on any atom is -0.287 e. The molecule has 1 aliphatic heterocycles. The van der Waals surface area contributed by atoms with Gasteiger partial charge in [0.25, 0.3) is 0 Å². The average Bonchev–Trinajstić information content (AvgIpc) is 2.23. The zero-order valence-electron chi connectivity index (χ0n) is 9.67. The molecular formula is C12H26NP. The summed E-state index contributed by atoms with van der Waals surface area (Å²) in [7, 11) is 2.87. The van der Waals surface area contributed by atoms with E-state index in [0.29, 0.717) is 0 Å². The summed E-state index contributed by atoms with van der Waals surface area (Å²) in [6.07, 6.45) is 11.4. The van der Waals surface area contributed by atoms with Gasteiger partial charge in [0.05, 0.1) is 0 Å². The smallest absolute Gasteiger partial charge is 0.00161 e. The first-order chi connectivity index (χ1) is 6.83. The highest BCUT2D eigenvalue weighted by Gasteiger charge is 2.08. The fraction of sp³-hybridized carbons (Fsp3) is 1.00. The third-order valence-electron chi connectivity index (χ3n) is 3.44. The molecule has 1 heterocycles. The summed E-state index contributed by atoms with van der Waals surface area (Å²) in [6.45, 7) is 4.91. The van der Waals surface area contributed by atoms with Crippen molar-refractivity contribution in [1.82, 2.24) is 4.67 Å². The van der Waals surface area contributed by atoms with Gasteiger partial charge in [0, 0.05) is 13.1 Å². The Balaban J connectivity index is 2.26. The summed E-state index contributed by atoms with van der Waals surface area (Å²) in [5.41, 5.74) is 0. The summed E-state index contributed by atoms with van der Waals surface area (Å²) in [5.74, 6) is 1.02. The molecule has 1 nitrogen and oxygen atoms in total. The van der Waals surface area contributed by atoms with Crippen LogP contribution in [0.25, 0.3) is 0 Å². The van der Waals surface area contributed by atoms with E-state index < -0.39 is 0 Å². The highest BCUT2D eigenvalue weighted by molar-refractivity contribution is 7.13. The van der Waals surface area contributed by atoms with Crippen LogP contribution in [0.5, 0.6) is 0 Å². The van der Waals surface area contributed by atoms with Gasteiger partial charge >= 0.3 is 0 Å². The van der Waals surface area contributed by atoms with Crippen molar-refractivity contribution >= 4 is 9.39 Å². The summed E-state index contributed by atoms with van der Waals surface area (Å²) in [4.78, 5) is 0. The van der Waals surface area contributed by atoms with Crippen LogP contribution in [0.4, 0.5) is 0 Å². The van der Waals surface area contributed by atoms with E-state index in [1.807, 2.05) is 0 Å². The van der Waals surface area contributed by atoms with Gasteiger partial charge in [-0.05, 0) is 18.8 Å². The maximum atomic E-state index is 2.87. The van der Waals surface area contributed by atoms with Crippen molar-refractivity contribution in [3.05, 3.63) is 0 Å². The lowest BCUT2D eigenvalue weighted by Gasteiger charge is -2.15. The molecule has 0 aromatic rings. The molecule has 2 heteroatoms. The van der Waals surface area contributed by atoms with Gasteiger partial charge in [-0.2, -0.15) is 0 Å². The average molecular weight is 215 g/mol. The van der Waals surface area contributed by atoms with Crippen LogP contribution < -0.4 is 0 Å². The molecule has 0 radical (unpaired) electrons. The third-order valence-corrected chi connectivity index (χ3v) is 3.96. The fourth-order valence-electron chi connectivity index (χ4n) is 2.34. The zero-order chi connectivity index (χ0) is 10.2. The largest absolute Gasteiger partial charge is 0.287 e. The first-order valence-electron chi connectivity index (χ1n) is 6.32. The molecule has 84 valence electrons. The van der Waals surface area contributed by atoms with Crippen LogP contribution >= 0.6 is 9.39 Å². The molecule has 0 aromatic carbocycles. The molecule has 0 aromatic heterocycles. The quantitative estimate of drug-likeness (QED) is 0.600. The van der Waals surface area contributed by atoms with Crippen LogP contribution in [0, 0.1) is 5.92 Å². The molecule has 1 aliphatic rings. The molecule has 14 heavy (non-hydrogen) atoms. The van der Waals surface area contributed by atoms with Gasteiger partial charge in [-0.3, -0.25) is 4.67 Å². The lowest BCUT2D eigenvalue weighted by Crippen LogP contribution is -2.14. The minimum atomic E-state index is 1.02. The molecular weight excluding hydrogens is 189 g/mol. The van der Waals surface area contributed by atoms with Crippen molar-refractivity contribution in [1.29, 1.82) is 0 Å². The molecule has 2 atom stereocenters.